The second-order valence-corrected chi connectivity index (χ2v) is 7.80. The van der Waals surface area contributed by atoms with Gasteiger partial charge in [0.1, 0.15) is 5.76 Å². The Labute approximate surface area is 129 Å². The van der Waals surface area contributed by atoms with Gasteiger partial charge in [-0.15, -0.1) is 0 Å². The van der Waals surface area contributed by atoms with Gasteiger partial charge in [0.15, 0.2) is 0 Å². The quantitative estimate of drug-likeness (QED) is 0.727. The molecule has 0 saturated heterocycles. The molecule has 116 valence electrons. The molecule has 7 heteroatoms. The van der Waals surface area contributed by atoms with Crippen LogP contribution in [0.15, 0.2) is 16.7 Å². The van der Waals surface area contributed by atoms with Gasteiger partial charge in [-0.3, -0.25) is 4.72 Å². The van der Waals surface area contributed by atoms with Gasteiger partial charge in [-0.25, -0.2) is 9.19 Å². The zero-order chi connectivity index (χ0) is 16.1. The van der Waals surface area contributed by atoms with E-state index in [9.17, 15) is 4.21 Å². The number of fused-ring (bicyclic) bond motifs is 1. The van der Waals surface area contributed by atoms with E-state index in [-0.39, 0.29) is 0 Å². The van der Waals surface area contributed by atoms with Crippen LogP contribution in [0.2, 0.25) is 0 Å². The summed E-state index contributed by atoms with van der Waals surface area (Å²) in [6.07, 6.45) is 1.53. The first-order chi connectivity index (χ1) is 10.2. The van der Waals surface area contributed by atoms with E-state index in [4.69, 9.17) is 4.52 Å². The summed E-state index contributed by atoms with van der Waals surface area (Å²) in [4.78, 5) is 7.58. The van der Waals surface area contributed by atoms with Crippen molar-refractivity contribution in [3.05, 3.63) is 29.2 Å². The number of hydrogen-bond acceptors (Lipinski definition) is 4. The fourth-order valence-electron chi connectivity index (χ4n) is 2.58. The summed E-state index contributed by atoms with van der Waals surface area (Å²) in [5.41, 5.74) is 5.57. The van der Waals surface area contributed by atoms with E-state index < -0.39 is 9.71 Å². The molecular weight excluding hydrogens is 300 g/mol. The summed E-state index contributed by atoms with van der Waals surface area (Å²) < 4.78 is 19.8. The normalized spacial score (nSPS) is 14.2. The Morgan fingerprint density at radius 2 is 2.05 bits per heavy atom. The molecule has 2 N–H and O–H groups in total. The summed E-state index contributed by atoms with van der Waals surface area (Å²) >= 11 is 0. The van der Waals surface area contributed by atoms with E-state index in [2.05, 4.69) is 25.7 Å². The number of imidazole rings is 1. The van der Waals surface area contributed by atoms with Crippen LogP contribution in [0.3, 0.4) is 0 Å². The van der Waals surface area contributed by atoms with E-state index in [1.54, 1.807) is 0 Å². The SMILES string of the molecule is C=S(C)(=O)Nc1nc2c(C)cc(-c3c(C)noc3C)cc2[nH]1. The highest BCUT2D eigenvalue weighted by Gasteiger charge is 2.15. The van der Waals surface area contributed by atoms with Gasteiger partial charge in [0, 0.05) is 21.5 Å². The van der Waals surface area contributed by atoms with Crippen LogP contribution in [-0.2, 0) is 9.71 Å². The Bertz CT molecular complexity index is 948. The average Bonchev–Trinajstić information content (AvgIpc) is 2.91. The lowest BCUT2D eigenvalue weighted by atomic mass is 10.0. The third-order valence-corrected chi connectivity index (χ3v) is 4.04. The Kier molecular flexibility index (Phi) is 3.25. The van der Waals surface area contributed by atoms with Crippen molar-refractivity contribution in [1.82, 2.24) is 15.1 Å². The van der Waals surface area contributed by atoms with Crippen LogP contribution in [0.25, 0.3) is 22.2 Å². The van der Waals surface area contributed by atoms with Crippen molar-refractivity contribution in [3.8, 4) is 11.1 Å². The van der Waals surface area contributed by atoms with Gasteiger partial charge < -0.3 is 9.51 Å². The molecule has 0 amide bonds. The number of nitrogens with one attached hydrogen (secondary N) is 2. The van der Waals surface area contributed by atoms with Gasteiger partial charge in [0.05, 0.1) is 16.7 Å². The molecule has 0 spiro atoms. The molecule has 22 heavy (non-hydrogen) atoms. The maximum Gasteiger partial charge on any atom is 0.212 e. The van der Waals surface area contributed by atoms with Crippen molar-refractivity contribution in [2.45, 2.75) is 20.8 Å². The number of aromatic nitrogens is 3. The predicted octanol–water partition coefficient (Wildman–Crippen LogP) is 2.82. The minimum absolute atomic E-state index is 0.455. The smallest absolute Gasteiger partial charge is 0.212 e. The second-order valence-electron chi connectivity index (χ2n) is 5.58. The average molecular weight is 318 g/mol. The second kappa shape index (κ2) is 4.88. The number of anilines is 1. The lowest BCUT2D eigenvalue weighted by Crippen LogP contribution is -2.10. The van der Waals surface area contributed by atoms with Gasteiger partial charge in [0.25, 0.3) is 0 Å². The molecule has 0 saturated carbocycles. The molecule has 6 nitrogen and oxygen atoms in total. The van der Waals surface area contributed by atoms with E-state index in [1.807, 2.05) is 32.9 Å². The van der Waals surface area contributed by atoms with Crippen LogP contribution in [0.4, 0.5) is 5.95 Å². The minimum atomic E-state index is -2.37. The molecular formula is C15H18N4O2S. The van der Waals surface area contributed by atoms with Crippen LogP contribution >= 0.6 is 0 Å². The molecule has 0 fully saturated rings. The monoisotopic (exact) mass is 318 g/mol. The largest absolute Gasteiger partial charge is 0.361 e. The van der Waals surface area contributed by atoms with E-state index >= 15 is 0 Å². The molecule has 2 heterocycles. The standard InChI is InChI=1S/C15H18N4O2S/c1-8-6-11(13-9(2)18-21-10(13)3)7-12-14(8)17-15(16-12)19-22(4,5)20/h6-7H,4H2,1-3,5H3,(H2,16,17,19,20). The fraction of sp³-hybridized carbons (Fsp3) is 0.267. The van der Waals surface area contributed by atoms with Crippen molar-refractivity contribution in [2.75, 3.05) is 11.0 Å². The highest BCUT2D eigenvalue weighted by Crippen LogP contribution is 2.31. The van der Waals surface area contributed by atoms with E-state index in [1.165, 1.54) is 6.26 Å². The van der Waals surface area contributed by atoms with Crippen molar-refractivity contribution in [2.24, 2.45) is 0 Å². The Hall–Kier alpha value is -2.28. The lowest BCUT2D eigenvalue weighted by Gasteiger charge is -2.03. The summed E-state index contributed by atoms with van der Waals surface area (Å²) in [6, 6.07) is 4.04. The number of hydrogen-bond donors (Lipinski definition) is 2. The van der Waals surface area contributed by atoms with Crippen molar-refractivity contribution >= 4 is 32.6 Å². The van der Waals surface area contributed by atoms with Crippen LogP contribution in [0, 0.1) is 20.8 Å². The molecule has 3 rings (SSSR count). The number of aromatic amines is 1. The van der Waals surface area contributed by atoms with Gasteiger partial charge >= 0.3 is 0 Å². The fourth-order valence-corrected chi connectivity index (χ4v) is 3.09. The highest BCUT2D eigenvalue weighted by molar-refractivity contribution is 8.00. The minimum Gasteiger partial charge on any atom is -0.361 e. The molecule has 0 aliphatic carbocycles. The first-order valence-corrected chi connectivity index (χ1v) is 8.92. The number of aryl methyl sites for hydroxylation is 3. The molecule has 0 aliphatic rings. The molecule has 1 atom stereocenters. The van der Waals surface area contributed by atoms with Crippen LogP contribution in [-0.4, -0.2) is 31.5 Å². The van der Waals surface area contributed by atoms with E-state index in [0.717, 1.165) is 39.2 Å². The maximum atomic E-state index is 11.8. The number of H-pyrrole nitrogens is 1. The Balaban J connectivity index is 2.16. The van der Waals surface area contributed by atoms with Gasteiger partial charge in [-0.2, -0.15) is 0 Å². The van der Waals surface area contributed by atoms with Crippen LogP contribution in [0.1, 0.15) is 17.0 Å². The van der Waals surface area contributed by atoms with Crippen LogP contribution in [0.5, 0.6) is 0 Å². The first kappa shape index (κ1) is 14.6. The zero-order valence-corrected chi connectivity index (χ0v) is 13.8. The Morgan fingerprint density at radius 3 is 2.64 bits per heavy atom. The van der Waals surface area contributed by atoms with Crippen molar-refractivity contribution in [1.29, 1.82) is 0 Å². The highest BCUT2D eigenvalue weighted by atomic mass is 32.2. The van der Waals surface area contributed by atoms with Gasteiger partial charge in [0.2, 0.25) is 5.95 Å². The molecule has 0 radical (unpaired) electrons. The topological polar surface area (TPSA) is 83.8 Å². The van der Waals surface area contributed by atoms with Crippen LogP contribution < -0.4 is 4.72 Å². The molecule has 1 aromatic carbocycles. The third-order valence-electron chi connectivity index (χ3n) is 3.41. The summed E-state index contributed by atoms with van der Waals surface area (Å²) in [7, 11) is -2.37. The van der Waals surface area contributed by atoms with E-state index in [0.29, 0.717) is 5.95 Å². The predicted molar refractivity (Wildman–Crippen MR) is 90.6 cm³/mol. The van der Waals surface area contributed by atoms with Crippen molar-refractivity contribution in [3.63, 3.8) is 0 Å². The number of benzene rings is 1. The molecule has 2 aromatic heterocycles. The van der Waals surface area contributed by atoms with Crippen molar-refractivity contribution < 1.29 is 8.73 Å². The summed E-state index contributed by atoms with van der Waals surface area (Å²) in [5, 5.41) is 4.00. The first-order valence-electron chi connectivity index (χ1n) is 6.78. The number of nitrogens with zero attached hydrogens (tertiary/aromatic N) is 2. The molecule has 3 aromatic rings. The third kappa shape index (κ3) is 2.59. The molecule has 0 aliphatic heterocycles. The maximum absolute atomic E-state index is 11.8. The molecule has 0 bridgehead atoms. The Morgan fingerprint density at radius 1 is 1.32 bits per heavy atom. The van der Waals surface area contributed by atoms with Gasteiger partial charge in [-0.05, 0) is 49.9 Å². The summed E-state index contributed by atoms with van der Waals surface area (Å²) in [6.45, 7) is 5.80. The zero-order valence-electron chi connectivity index (χ0n) is 13.0. The summed E-state index contributed by atoms with van der Waals surface area (Å²) in [5.74, 6) is 4.81. The number of rotatable bonds is 3. The lowest BCUT2D eigenvalue weighted by molar-refractivity contribution is 0.393. The van der Waals surface area contributed by atoms with Gasteiger partial charge in [-0.1, -0.05) is 5.16 Å². The molecule has 1 unspecified atom stereocenters.